The minimum atomic E-state index is -0.333. The summed E-state index contributed by atoms with van der Waals surface area (Å²) in [5.74, 6) is -0.532. The molecule has 2 atom stereocenters. The maximum atomic E-state index is 12.9. The number of benzene rings is 1. The molecular formula is C23H23ClN4O4S. The number of rotatable bonds is 7. The summed E-state index contributed by atoms with van der Waals surface area (Å²) in [5, 5.41) is 15.3. The monoisotopic (exact) mass is 486 g/mol. The fraction of sp³-hybridized carbons (Fsp3) is 0.261. The van der Waals surface area contributed by atoms with E-state index in [1.54, 1.807) is 54.7 Å². The Morgan fingerprint density at radius 3 is 2.30 bits per heavy atom. The first-order chi connectivity index (χ1) is 15.9. The number of carbonyl (C=O) groups excluding carboxylic acids is 2. The van der Waals surface area contributed by atoms with Crippen LogP contribution in [-0.2, 0) is 0 Å². The number of likely N-dealkylation sites (tertiary alicyclic amines) is 1. The molecule has 0 radical (unpaired) electrons. The first kappa shape index (κ1) is 23.2. The van der Waals surface area contributed by atoms with Crippen molar-refractivity contribution < 1.29 is 14.7 Å². The Labute approximate surface area is 199 Å². The number of nitrogens with one attached hydrogen (secondary N) is 2. The summed E-state index contributed by atoms with van der Waals surface area (Å²) in [5.41, 5.74) is 0.945. The van der Waals surface area contributed by atoms with Gasteiger partial charge in [-0.05, 0) is 42.5 Å². The summed E-state index contributed by atoms with van der Waals surface area (Å²) >= 11 is 7.13. The molecule has 2 amide bonds. The second-order valence-corrected chi connectivity index (χ2v) is 9.42. The molecule has 4 rings (SSSR count). The van der Waals surface area contributed by atoms with E-state index in [1.807, 2.05) is 4.90 Å². The van der Waals surface area contributed by atoms with Gasteiger partial charge in [-0.1, -0.05) is 17.7 Å². The number of pyridine rings is 1. The number of hydrogen-bond acceptors (Lipinski definition) is 6. The minimum absolute atomic E-state index is 0.0117. The van der Waals surface area contributed by atoms with E-state index in [4.69, 9.17) is 11.6 Å². The van der Waals surface area contributed by atoms with Crippen LogP contribution in [0.25, 0.3) is 5.69 Å². The number of aliphatic hydroxyl groups excluding tert-OH is 1. The Bertz CT molecular complexity index is 1190. The molecule has 2 aromatic heterocycles. The Morgan fingerprint density at radius 2 is 1.70 bits per heavy atom. The summed E-state index contributed by atoms with van der Waals surface area (Å²) in [6.45, 7) is 1.44. The third-order valence-corrected chi connectivity index (χ3v) is 6.70. The molecule has 0 unspecified atom stereocenters. The zero-order valence-corrected chi connectivity index (χ0v) is 19.2. The molecule has 33 heavy (non-hydrogen) atoms. The molecule has 10 heteroatoms. The second kappa shape index (κ2) is 10.3. The van der Waals surface area contributed by atoms with Crippen LogP contribution in [0.1, 0.15) is 20.0 Å². The molecular weight excluding hydrogens is 464 g/mol. The smallest absolute Gasteiger partial charge is 0.261 e. The number of aromatic nitrogens is 1. The average molecular weight is 487 g/mol. The van der Waals surface area contributed by atoms with Crippen LogP contribution in [0.15, 0.2) is 65.6 Å². The highest BCUT2D eigenvalue weighted by molar-refractivity contribution is 7.18. The van der Waals surface area contributed by atoms with Gasteiger partial charge in [0.05, 0.1) is 27.9 Å². The van der Waals surface area contributed by atoms with Crippen LogP contribution in [-0.4, -0.2) is 64.7 Å². The number of β-amino-alcohol motifs (C(OH)–C–C–N with tert-alkyl or cyclic N) is 1. The summed E-state index contributed by atoms with van der Waals surface area (Å²) < 4.78 is 2.02. The van der Waals surface area contributed by atoms with Gasteiger partial charge in [0.1, 0.15) is 0 Å². The van der Waals surface area contributed by atoms with Gasteiger partial charge in [-0.15, -0.1) is 11.3 Å². The number of hydrogen-bond donors (Lipinski definition) is 3. The summed E-state index contributed by atoms with van der Waals surface area (Å²) in [6, 6.07) is 14.3. The molecule has 8 nitrogen and oxygen atoms in total. The third kappa shape index (κ3) is 5.51. The fourth-order valence-corrected chi connectivity index (χ4v) is 4.79. The van der Waals surface area contributed by atoms with Crippen molar-refractivity contribution in [2.75, 3.05) is 26.2 Å². The van der Waals surface area contributed by atoms with E-state index >= 15 is 0 Å². The lowest BCUT2D eigenvalue weighted by Crippen LogP contribution is -2.50. The number of carbonyl (C=O) groups is 2. The number of thiophene rings is 1. The van der Waals surface area contributed by atoms with E-state index in [-0.39, 0.29) is 36.1 Å². The van der Waals surface area contributed by atoms with Gasteiger partial charge in [-0.3, -0.25) is 23.9 Å². The van der Waals surface area contributed by atoms with E-state index in [9.17, 15) is 19.5 Å². The highest BCUT2D eigenvalue weighted by atomic mass is 35.5. The molecule has 1 aromatic carbocycles. The molecule has 0 saturated carbocycles. The molecule has 0 bridgehead atoms. The summed E-state index contributed by atoms with van der Waals surface area (Å²) in [4.78, 5) is 40.0. The van der Waals surface area contributed by atoms with Gasteiger partial charge in [0.2, 0.25) is 0 Å². The number of nitrogens with zero attached hydrogens (tertiary/aromatic N) is 2. The normalized spacial score (nSPS) is 18.2. The lowest BCUT2D eigenvalue weighted by molar-refractivity contribution is 0.0898. The first-order valence-corrected chi connectivity index (χ1v) is 11.6. The minimum Gasteiger partial charge on any atom is -0.395 e. The Morgan fingerprint density at radius 1 is 1.00 bits per heavy atom. The van der Waals surface area contributed by atoms with E-state index in [2.05, 4.69) is 10.6 Å². The molecule has 172 valence electrons. The van der Waals surface area contributed by atoms with Crippen LogP contribution in [0.2, 0.25) is 4.34 Å². The molecule has 1 aliphatic rings. The molecule has 1 saturated heterocycles. The molecule has 1 aliphatic heterocycles. The number of aliphatic hydroxyl groups is 1. The van der Waals surface area contributed by atoms with E-state index in [0.717, 1.165) is 0 Å². The quantitative estimate of drug-likeness (QED) is 0.472. The first-order valence-electron chi connectivity index (χ1n) is 10.4. The fourth-order valence-electron chi connectivity index (χ4n) is 3.84. The van der Waals surface area contributed by atoms with Crippen LogP contribution < -0.4 is 16.2 Å². The van der Waals surface area contributed by atoms with Gasteiger partial charge in [0, 0.05) is 43.1 Å². The van der Waals surface area contributed by atoms with Gasteiger partial charge in [-0.25, -0.2) is 0 Å². The lowest BCUT2D eigenvalue weighted by Gasteiger charge is -2.21. The Kier molecular flexibility index (Phi) is 7.24. The topological polar surface area (TPSA) is 104 Å². The van der Waals surface area contributed by atoms with Crippen LogP contribution >= 0.6 is 22.9 Å². The summed E-state index contributed by atoms with van der Waals surface area (Å²) in [6.07, 6.45) is 1.67. The van der Waals surface area contributed by atoms with Gasteiger partial charge in [0.25, 0.3) is 17.4 Å². The van der Waals surface area contributed by atoms with E-state index in [0.29, 0.717) is 40.1 Å². The van der Waals surface area contributed by atoms with Gasteiger partial charge in [0.15, 0.2) is 0 Å². The van der Waals surface area contributed by atoms with Crippen molar-refractivity contribution in [3.05, 3.63) is 85.9 Å². The van der Waals surface area contributed by atoms with Crippen molar-refractivity contribution in [2.45, 2.75) is 12.1 Å². The molecule has 3 N–H and O–H groups in total. The van der Waals surface area contributed by atoms with Gasteiger partial charge < -0.3 is 15.7 Å². The molecule has 3 aromatic rings. The average Bonchev–Trinajstić information content (AvgIpc) is 3.40. The van der Waals surface area contributed by atoms with Crippen molar-refractivity contribution in [1.29, 1.82) is 0 Å². The van der Waals surface area contributed by atoms with Crippen molar-refractivity contribution in [2.24, 2.45) is 0 Å². The highest BCUT2D eigenvalue weighted by Gasteiger charge is 2.35. The third-order valence-electron chi connectivity index (χ3n) is 5.47. The maximum Gasteiger partial charge on any atom is 0.261 e. The largest absolute Gasteiger partial charge is 0.395 e. The SMILES string of the molecule is O=C(N[C@H]1CN(CCO)C[C@H]1NC(=O)c1ccc(Cl)s1)c1ccc(-n2ccccc2=O)cc1. The van der Waals surface area contributed by atoms with Crippen molar-refractivity contribution in [1.82, 2.24) is 20.1 Å². The molecule has 3 heterocycles. The zero-order valence-electron chi connectivity index (χ0n) is 17.6. The van der Waals surface area contributed by atoms with Crippen LogP contribution in [0.5, 0.6) is 0 Å². The predicted octanol–water partition coefficient (Wildman–Crippen LogP) is 1.76. The molecule has 0 aliphatic carbocycles. The Hall–Kier alpha value is -2.98. The zero-order chi connectivity index (χ0) is 23.4. The van der Waals surface area contributed by atoms with Gasteiger partial charge >= 0.3 is 0 Å². The van der Waals surface area contributed by atoms with Crippen LogP contribution in [0.3, 0.4) is 0 Å². The van der Waals surface area contributed by atoms with Crippen LogP contribution in [0, 0.1) is 0 Å². The van der Waals surface area contributed by atoms with Crippen LogP contribution in [0.4, 0.5) is 0 Å². The van der Waals surface area contributed by atoms with Crippen molar-refractivity contribution in [3.8, 4) is 5.69 Å². The molecule has 0 spiro atoms. The lowest BCUT2D eigenvalue weighted by atomic mass is 10.1. The number of amides is 2. The molecule has 1 fully saturated rings. The van der Waals surface area contributed by atoms with Gasteiger partial charge in [-0.2, -0.15) is 0 Å². The highest BCUT2D eigenvalue weighted by Crippen LogP contribution is 2.22. The second-order valence-electron chi connectivity index (χ2n) is 7.70. The van der Waals surface area contributed by atoms with E-state index < -0.39 is 0 Å². The maximum absolute atomic E-state index is 12.9. The summed E-state index contributed by atoms with van der Waals surface area (Å²) in [7, 11) is 0. The standard InChI is InChI=1S/C23H23ClN4O4S/c24-20-9-8-19(33-20)23(32)26-18-14-27(11-12-29)13-17(18)25-22(31)15-4-6-16(7-5-15)28-10-2-1-3-21(28)30/h1-10,17-18,29H,11-14H2,(H,25,31)(H,26,32)/t17-,18+/m0/s1. The number of halogens is 1. The van der Waals surface area contributed by atoms with Crippen molar-refractivity contribution >= 4 is 34.8 Å². The Balaban J connectivity index is 1.45. The van der Waals surface area contributed by atoms with Crippen molar-refractivity contribution in [3.63, 3.8) is 0 Å². The predicted molar refractivity (Wildman–Crippen MR) is 127 cm³/mol. The van der Waals surface area contributed by atoms with E-state index in [1.165, 1.54) is 22.0 Å².